The molecule has 0 radical (unpaired) electrons. The van der Waals surface area contributed by atoms with Crippen LogP contribution >= 0.6 is 11.8 Å². The summed E-state index contributed by atoms with van der Waals surface area (Å²) in [5.74, 6) is 0.536. The van der Waals surface area contributed by atoms with Crippen molar-refractivity contribution in [3.8, 4) is 0 Å². The van der Waals surface area contributed by atoms with Gasteiger partial charge in [-0.3, -0.25) is 4.79 Å². The topological polar surface area (TPSA) is 20.3 Å². The number of carbonyl (C=O) groups is 1. The Bertz CT molecular complexity index is 418. The van der Waals surface area contributed by atoms with Crippen LogP contribution in [0.4, 0.5) is 5.69 Å². The number of benzene rings is 1. The average molecular weight is 249 g/mol. The zero-order valence-corrected chi connectivity index (χ0v) is 11.5. The summed E-state index contributed by atoms with van der Waals surface area (Å²) in [5, 5.41) is 0. The second kappa shape index (κ2) is 5.13. The predicted molar refractivity (Wildman–Crippen MR) is 73.8 cm³/mol. The summed E-state index contributed by atoms with van der Waals surface area (Å²) in [6, 6.07) is 8.74. The largest absolute Gasteiger partial charge is 0.367 e. The molecule has 0 aromatic heterocycles. The molecular formula is C14H19NOS. The Kier molecular flexibility index (Phi) is 3.77. The number of Topliss-reactive ketones (excluding diaryl/α,β-unsaturated/α-hetero) is 1. The van der Waals surface area contributed by atoms with Crippen LogP contribution in [0.15, 0.2) is 29.2 Å². The lowest BCUT2D eigenvalue weighted by Gasteiger charge is -2.39. The van der Waals surface area contributed by atoms with E-state index in [-0.39, 0.29) is 5.92 Å². The number of para-hydroxylation sites is 1. The molecular weight excluding hydrogens is 230 g/mol. The Labute approximate surface area is 107 Å². The van der Waals surface area contributed by atoms with Crippen LogP contribution in [0.1, 0.15) is 20.3 Å². The van der Waals surface area contributed by atoms with Crippen LogP contribution in [0, 0.1) is 5.92 Å². The van der Waals surface area contributed by atoms with E-state index in [9.17, 15) is 4.79 Å². The SMILES string of the molecule is CSc1ccccc1N1CCC(=O)C(C)C1C. The Hall–Kier alpha value is -0.960. The minimum Gasteiger partial charge on any atom is -0.367 e. The highest BCUT2D eigenvalue weighted by atomic mass is 32.2. The first-order valence-corrected chi connectivity index (χ1v) is 7.30. The lowest BCUT2D eigenvalue weighted by Crippen LogP contribution is -2.47. The number of hydrogen-bond acceptors (Lipinski definition) is 3. The summed E-state index contributed by atoms with van der Waals surface area (Å²) >= 11 is 1.77. The van der Waals surface area contributed by atoms with Crippen molar-refractivity contribution in [3.63, 3.8) is 0 Å². The molecule has 2 unspecified atom stereocenters. The highest BCUT2D eigenvalue weighted by molar-refractivity contribution is 7.98. The Morgan fingerprint density at radius 3 is 2.71 bits per heavy atom. The first kappa shape index (κ1) is 12.5. The predicted octanol–water partition coefficient (Wildman–Crippen LogP) is 3.21. The number of anilines is 1. The Morgan fingerprint density at radius 2 is 2.00 bits per heavy atom. The van der Waals surface area contributed by atoms with E-state index in [1.165, 1.54) is 10.6 Å². The molecule has 0 N–H and O–H groups in total. The quantitative estimate of drug-likeness (QED) is 0.751. The summed E-state index contributed by atoms with van der Waals surface area (Å²) in [7, 11) is 0. The fraction of sp³-hybridized carbons (Fsp3) is 0.500. The van der Waals surface area contributed by atoms with Crippen molar-refractivity contribution in [3.05, 3.63) is 24.3 Å². The van der Waals surface area contributed by atoms with E-state index in [1.54, 1.807) is 11.8 Å². The molecule has 17 heavy (non-hydrogen) atoms. The number of hydrogen-bond donors (Lipinski definition) is 0. The molecule has 0 saturated carbocycles. The van der Waals surface area contributed by atoms with Gasteiger partial charge in [-0.2, -0.15) is 0 Å². The van der Waals surface area contributed by atoms with E-state index in [1.807, 2.05) is 6.92 Å². The average Bonchev–Trinajstić information content (AvgIpc) is 2.36. The zero-order valence-electron chi connectivity index (χ0n) is 10.6. The number of thioether (sulfide) groups is 1. The van der Waals surface area contributed by atoms with E-state index in [0.29, 0.717) is 18.2 Å². The zero-order chi connectivity index (χ0) is 12.4. The van der Waals surface area contributed by atoms with E-state index in [0.717, 1.165) is 6.54 Å². The number of rotatable bonds is 2. The molecule has 1 heterocycles. The first-order chi connectivity index (χ1) is 8.15. The van der Waals surface area contributed by atoms with Gasteiger partial charge in [0.2, 0.25) is 0 Å². The van der Waals surface area contributed by atoms with Gasteiger partial charge >= 0.3 is 0 Å². The molecule has 1 fully saturated rings. The molecule has 0 amide bonds. The maximum Gasteiger partial charge on any atom is 0.139 e. The van der Waals surface area contributed by atoms with Crippen LogP contribution in [-0.4, -0.2) is 24.6 Å². The molecule has 2 nitrogen and oxygen atoms in total. The van der Waals surface area contributed by atoms with Crippen LogP contribution in [0.2, 0.25) is 0 Å². The molecule has 0 bridgehead atoms. The maximum absolute atomic E-state index is 11.7. The van der Waals surface area contributed by atoms with Gasteiger partial charge in [-0.1, -0.05) is 19.1 Å². The van der Waals surface area contributed by atoms with Crippen LogP contribution in [0.25, 0.3) is 0 Å². The van der Waals surface area contributed by atoms with Crippen molar-refractivity contribution in [2.75, 3.05) is 17.7 Å². The van der Waals surface area contributed by atoms with Gasteiger partial charge in [-0.15, -0.1) is 11.8 Å². The monoisotopic (exact) mass is 249 g/mol. The normalized spacial score (nSPS) is 25.1. The first-order valence-electron chi connectivity index (χ1n) is 6.07. The molecule has 2 rings (SSSR count). The van der Waals surface area contributed by atoms with E-state index in [4.69, 9.17) is 0 Å². The van der Waals surface area contributed by atoms with Gasteiger partial charge in [-0.05, 0) is 25.3 Å². The van der Waals surface area contributed by atoms with Crippen molar-refractivity contribution in [2.45, 2.75) is 31.2 Å². The van der Waals surface area contributed by atoms with E-state index < -0.39 is 0 Å². The number of ketones is 1. The lowest BCUT2D eigenvalue weighted by molar-refractivity contribution is -0.123. The van der Waals surface area contributed by atoms with Gasteiger partial charge in [0, 0.05) is 29.8 Å². The third-order valence-electron chi connectivity index (χ3n) is 3.72. The molecule has 3 heteroatoms. The molecule has 2 atom stereocenters. The lowest BCUT2D eigenvalue weighted by atomic mass is 9.90. The van der Waals surface area contributed by atoms with Gasteiger partial charge in [0.05, 0.1) is 5.69 Å². The fourth-order valence-corrected chi connectivity index (χ4v) is 3.02. The molecule has 1 aliphatic heterocycles. The summed E-state index contributed by atoms with van der Waals surface area (Å²) < 4.78 is 0. The van der Waals surface area contributed by atoms with Crippen LogP contribution < -0.4 is 4.90 Å². The summed E-state index contributed by atoms with van der Waals surface area (Å²) in [4.78, 5) is 15.4. The smallest absolute Gasteiger partial charge is 0.139 e. The highest BCUT2D eigenvalue weighted by Crippen LogP contribution is 2.33. The fourth-order valence-electron chi connectivity index (χ4n) is 2.41. The highest BCUT2D eigenvalue weighted by Gasteiger charge is 2.31. The van der Waals surface area contributed by atoms with Crippen molar-refractivity contribution >= 4 is 23.2 Å². The van der Waals surface area contributed by atoms with Gasteiger partial charge in [-0.25, -0.2) is 0 Å². The van der Waals surface area contributed by atoms with Gasteiger partial charge in [0.15, 0.2) is 0 Å². The standard InChI is InChI=1S/C14H19NOS/c1-10-11(2)15(9-8-13(10)16)12-6-4-5-7-14(12)17-3/h4-7,10-11H,8-9H2,1-3H3. The molecule has 1 saturated heterocycles. The summed E-state index contributed by atoms with van der Waals surface area (Å²) in [5.41, 5.74) is 1.27. The minimum atomic E-state index is 0.138. The van der Waals surface area contributed by atoms with Crippen molar-refractivity contribution < 1.29 is 4.79 Å². The van der Waals surface area contributed by atoms with Crippen molar-refractivity contribution in [1.82, 2.24) is 0 Å². The second-order valence-corrected chi connectivity index (χ2v) is 5.46. The molecule has 0 spiro atoms. The van der Waals surface area contributed by atoms with Crippen molar-refractivity contribution in [1.29, 1.82) is 0 Å². The van der Waals surface area contributed by atoms with E-state index >= 15 is 0 Å². The third-order valence-corrected chi connectivity index (χ3v) is 4.50. The van der Waals surface area contributed by atoms with Crippen LogP contribution in [0.3, 0.4) is 0 Å². The molecule has 1 aromatic rings. The Morgan fingerprint density at radius 1 is 1.29 bits per heavy atom. The maximum atomic E-state index is 11.7. The van der Waals surface area contributed by atoms with Gasteiger partial charge in [0.25, 0.3) is 0 Å². The van der Waals surface area contributed by atoms with Gasteiger partial charge < -0.3 is 4.90 Å². The van der Waals surface area contributed by atoms with Gasteiger partial charge in [0.1, 0.15) is 5.78 Å². The van der Waals surface area contributed by atoms with Crippen LogP contribution in [0.5, 0.6) is 0 Å². The summed E-state index contributed by atoms with van der Waals surface area (Å²) in [6.07, 6.45) is 2.77. The number of carbonyl (C=O) groups excluding carboxylic acids is 1. The summed E-state index contributed by atoms with van der Waals surface area (Å²) in [6.45, 7) is 5.04. The Balaban J connectivity index is 2.30. The van der Waals surface area contributed by atoms with Crippen LogP contribution in [-0.2, 0) is 4.79 Å². The molecule has 1 aromatic carbocycles. The second-order valence-electron chi connectivity index (χ2n) is 4.61. The molecule has 0 aliphatic carbocycles. The third kappa shape index (κ3) is 2.34. The van der Waals surface area contributed by atoms with Crippen molar-refractivity contribution in [2.24, 2.45) is 5.92 Å². The molecule has 1 aliphatic rings. The number of piperidine rings is 1. The minimum absolute atomic E-state index is 0.138. The molecule has 92 valence electrons. The number of nitrogens with zero attached hydrogens (tertiary/aromatic N) is 1. The van der Waals surface area contributed by atoms with E-state index in [2.05, 4.69) is 42.3 Å².